The van der Waals surface area contributed by atoms with Gasteiger partial charge < -0.3 is 9.84 Å². The van der Waals surface area contributed by atoms with Gasteiger partial charge in [0.05, 0.1) is 21.7 Å². The summed E-state index contributed by atoms with van der Waals surface area (Å²) in [5, 5.41) is 19.8. The van der Waals surface area contributed by atoms with Gasteiger partial charge >= 0.3 is 11.7 Å². The van der Waals surface area contributed by atoms with Gasteiger partial charge in [-0.3, -0.25) is 10.1 Å². The Labute approximate surface area is 117 Å². The molecule has 0 bridgehead atoms. The van der Waals surface area contributed by atoms with Crippen LogP contribution in [0.15, 0.2) is 36.5 Å². The zero-order chi connectivity index (χ0) is 14.7. The Bertz CT molecular complexity index is 689. The number of carbonyl (C=O) groups is 1. The summed E-state index contributed by atoms with van der Waals surface area (Å²) in [7, 11) is 0. The van der Waals surface area contributed by atoms with Crippen LogP contribution in [-0.2, 0) is 0 Å². The molecule has 0 saturated heterocycles. The van der Waals surface area contributed by atoms with E-state index in [0.29, 0.717) is 0 Å². The fourth-order valence-electron chi connectivity index (χ4n) is 1.43. The Balaban J connectivity index is 2.37. The van der Waals surface area contributed by atoms with E-state index in [9.17, 15) is 14.9 Å². The lowest BCUT2D eigenvalue weighted by molar-refractivity contribution is -0.386. The Morgan fingerprint density at radius 3 is 2.80 bits per heavy atom. The first-order chi connectivity index (χ1) is 9.47. The molecule has 0 spiro atoms. The van der Waals surface area contributed by atoms with E-state index in [1.165, 1.54) is 30.5 Å². The molecule has 0 amide bonds. The zero-order valence-electron chi connectivity index (χ0n) is 9.82. The molecule has 0 aliphatic heterocycles. The molecule has 20 heavy (non-hydrogen) atoms. The average molecular weight is 295 g/mol. The maximum Gasteiger partial charge on any atom is 0.335 e. The van der Waals surface area contributed by atoms with Gasteiger partial charge in [0.15, 0.2) is 0 Å². The van der Waals surface area contributed by atoms with Crippen LogP contribution in [0.25, 0.3) is 0 Å². The third-order valence-electron chi connectivity index (χ3n) is 2.29. The summed E-state index contributed by atoms with van der Waals surface area (Å²) in [6.45, 7) is 0. The van der Waals surface area contributed by atoms with Crippen LogP contribution in [0.2, 0.25) is 5.02 Å². The Kier molecular flexibility index (Phi) is 3.81. The molecule has 102 valence electrons. The van der Waals surface area contributed by atoms with Crippen molar-refractivity contribution in [3.8, 4) is 11.6 Å². The lowest BCUT2D eigenvalue weighted by Gasteiger charge is -2.06. The number of pyridine rings is 1. The van der Waals surface area contributed by atoms with Crippen LogP contribution in [0, 0.1) is 10.1 Å². The molecule has 1 aromatic heterocycles. The molecule has 0 aliphatic rings. The van der Waals surface area contributed by atoms with Gasteiger partial charge in [0, 0.05) is 6.07 Å². The highest BCUT2D eigenvalue weighted by Gasteiger charge is 2.18. The SMILES string of the molecule is O=C(O)c1cccc(Oc2ncc(Cl)cc2[N+](=O)[O-])c1. The molecule has 1 N–H and O–H groups in total. The topological polar surface area (TPSA) is 103 Å². The van der Waals surface area contributed by atoms with Crippen LogP contribution >= 0.6 is 11.6 Å². The summed E-state index contributed by atoms with van der Waals surface area (Å²) in [5.41, 5.74) is -0.405. The second kappa shape index (κ2) is 5.54. The van der Waals surface area contributed by atoms with Gasteiger partial charge in [0.25, 0.3) is 5.88 Å². The van der Waals surface area contributed by atoms with Gasteiger partial charge in [-0.05, 0) is 18.2 Å². The molecule has 7 nitrogen and oxygen atoms in total. The van der Waals surface area contributed by atoms with Crippen molar-refractivity contribution in [2.75, 3.05) is 0 Å². The third kappa shape index (κ3) is 3.01. The largest absolute Gasteiger partial charge is 0.478 e. The fourth-order valence-corrected chi connectivity index (χ4v) is 1.58. The number of rotatable bonds is 4. The number of halogens is 1. The Hall–Kier alpha value is -2.67. The van der Waals surface area contributed by atoms with Crippen molar-refractivity contribution in [2.24, 2.45) is 0 Å². The standard InChI is InChI=1S/C12H7ClN2O5/c13-8-5-10(15(18)19)11(14-6-8)20-9-3-1-2-7(4-9)12(16)17/h1-6H,(H,16,17). The summed E-state index contributed by atoms with van der Waals surface area (Å²) in [5.74, 6) is -1.27. The molecule has 0 aliphatic carbocycles. The normalized spacial score (nSPS) is 10.1. The van der Waals surface area contributed by atoms with E-state index in [4.69, 9.17) is 21.4 Å². The summed E-state index contributed by atoms with van der Waals surface area (Å²) in [6.07, 6.45) is 1.20. The molecule has 1 aromatic carbocycles. The van der Waals surface area contributed by atoms with E-state index >= 15 is 0 Å². The second-order valence-electron chi connectivity index (χ2n) is 3.67. The first kappa shape index (κ1) is 13.8. The number of nitrogens with zero attached hydrogens (tertiary/aromatic N) is 2. The molecular weight excluding hydrogens is 288 g/mol. The average Bonchev–Trinajstić information content (AvgIpc) is 2.41. The van der Waals surface area contributed by atoms with E-state index in [-0.39, 0.29) is 22.2 Å². The number of hydrogen-bond donors (Lipinski definition) is 1. The van der Waals surface area contributed by atoms with E-state index in [2.05, 4.69) is 4.98 Å². The maximum atomic E-state index is 10.9. The van der Waals surface area contributed by atoms with Crippen LogP contribution < -0.4 is 4.74 Å². The molecule has 1 heterocycles. The summed E-state index contributed by atoms with van der Waals surface area (Å²) < 4.78 is 5.24. The quantitative estimate of drug-likeness (QED) is 0.686. The Morgan fingerprint density at radius 1 is 1.40 bits per heavy atom. The third-order valence-corrected chi connectivity index (χ3v) is 2.50. The van der Waals surface area contributed by atoms with Crippen molar-refractivity contribution in [2.45, 2.75) is 0 Å². The van der Waals surface area contributed by atoms with Crippen LogP contribution in [0.3, 0.4) is 0 Å². The second-order valence-corrected chi connectivity index (χ2v) is 4.11. The molecule has 0 radical (unpaired) electrons. The predicted molar refractivity (Wildman–Crippen MR) is 69.4 cm³/mol. The lowest BCUT2D eigenvalue weighted by Crippen LogP contribution is -1.98. The van der Waals surface area contributed by atoms with Gasteiger partial charge in [-0.15, -0.1) is 0 Å². The van der Waals surface area contributed by atoms with Gasteiger partial charge in [-0.1, -0.05) is 17.7 Å². The predicted octanol–water partition coefficient (Wildman–Crippen LogP) is 3.13. The first-order valence-corrected chi connectivity index (χ1v) is 5.66. The smallest absolute Gasteiger partial charge is 0.335 e. The monoisotopic (exact) mass is 294 g/mol. The number of nitro groups is 1. The summed E-state index contributed by atoms with van der Waals surface area (Å²) in [4.78, 5) is 24.7. The molecule has 0 atom stereocenters. The van der Waals surface area contributed by atoms with Crippen molar-refractivity contribution >= 4 is 23.3 Å². The number of carboxylic acid groups (broad SMARTS) is 1. The van der Waals surface area contributed by atoms with Gasteiger partial charge in [0.2, 0.25) is 0 Å². The molecular formula is C12H7ClN2O5. The van der Waals surface area contributed by atoms with Crippen molar-refractivity contribution in [1.82, 2.24) is 4.98 Å². The minimum absolute atomic E-state index is 0.000818. The van der Waals surface area contributed by atoms with Crippen molar-refractivity contribution in [3.63, 3.8) is 0 Å². The summed E-state index contributed by atoms with van der Waals surface area (Å²) in [6, 6.07) is 6.64. The van der Waals surface area contributed by atoms with E-state index in [1.54, 1.807) is 0 Å². The van der Waals surface area contributed by atoms with Crippen molar-refractivity contribution < 1.29 is 19.6 Å². The number of ether oxygens (including phenoxy) is 1. The lowest BCUT2D eigenvalue weighted by atomic mass is 10.2. The molecule has 2 rings (SSSR count). The molecule has 8 heteroatoms. The van der Waals surface area contributed by atoms with Crippen LogP contribution in [-0.4, -0.2) is 21.0 Å². The van der Waals surface area contributed by atoms with Crippen LogP contribution in [0.1, 0.15) is 10.4 Å². The number of carboxylic acids is 1. The van der Waals surface area contributed by atoms with E-state index < -0.39 is 16.6 Å². The highest BCUT2D eigenvalue weighted by molar-refractivity contribution is 6.30. The molecule has 0 fully saturated rings. The molecule has 2 aromatic rings. The first-order valence-electron chi connectivity index (χ1n) is 5.28. The Morgan fingerprint density at radius 2 is 2.15 bits per heavy atom. The van der Waals surface area contributed by atoms with Crippen molar-refractivity contribution in [3.05, 3.63) is 57.2 Å². The van der Waals surface area contributed by atoms with Gasteiger partial charge in [-0.25, -0.2) is 9.78 Å². The highest BCUT2D eigenvalue weighted by atomic mass is 35.5. The number of aromatic nitrogens is 1. The summed E-state index contributed by atoms with van der Waals surface area (Å²) >= 11 is 5.63. The zero-order valence-corrected chi connectivity index (χ0v) is 10.6. The minimum atomic E-state index is -1.13. The van der Waals surface area contributed by atoms with E-state index in [0.717, 1.165) is 6.07 Å². The maximum absolute atomic E-state index is 10.9. The fraction of sp³-hybridized carbons (Fsp3) is 0. The van der Waals surface area contributed by atoms with E-state index in [1.807, 2.05) is 0 Å². The van der Waals surface area contributed by atoms with Gasteiger partial charge in [0.1, 0.15) is 5.75 Å². The number of hydrogen-bond acceptors (Lipinski definition) is 5. The minimum Gasteiger partial charge on any atom is -0.478 e. The molecule has 0 saturated carbocycles. The van der Waals surface area contributed by atoms with Crippen molar-refractivity contribution in [1.29, 1.82) is 0 Å². The van der Waals surface area contributed by atoms with Crippen LogP contribution in [0.4, 0.5) is 5.69 Å². The molecule has 0 unspecified atom stereocenters. The highest BCUT2D eigenvalue weighted by Crippen LogP contribution is 2.31. The number of aromatic carboxylic acids is 1. The van der Waals surface area contributed by atoms with Gasteiger partial charge in [-0.2, -0.15) is 0 Å². The number of benzene rings is 1. The van der Waals surface area contributed by atoms with Crippen LogP contribution in [0.5, 0.6) is 11.6 Å².